The zero-order valence-electron chi connectivity index (χ0n) is 17.6. The summed E-state index contributed by atoms with van der Waals surface area (Å²) in [4.78, 5) is 17.4. The first kappa shape index (κ1) is 25.8. The molecule has 6 nitrogen and oxygen atoms in total. The highest BCUT2D eigenvalue weighted by atomic mass is 31.2. The van der Waals surface area contributed by atoms with E-state index >= 15 is 0 Å². The summed E-state index contributed by atoms with van der Waals surface area (Å²) in [6, 6.07) is 0. The van der Waals surface area contributed by atoms with Crippen LogP contribution in [0.1, 0.15) is 96.8 Å². The molecular weight excluding hydrogens is 379 g/mol. The summed E-state index contributed by atoms with van der Waals surface area (Å²) in [6.45, 7) is 2.45. The van der Waals surface area contributed by atoms with Gasteiger partial charge in [0, 0.05) is 0 Å². The molecule has 28 heavy (non-hydrogen) atoms. The van der Waals surface area contributed by atoms with E-state index in [1.165, 1.54) is 77.0 Å². The topological polar surface area (TPSA) is 85.2 Å². The Balaban J connectivity index is 1.83. The third-order valence-electron chi connectivity index (χ3n) is 4.94. The summed E-state index contributed by atoms with van der Waals surface area (Å²) in [5, 5.41) is 0. The molecule has 0 bridgehead atoms. The van der Waals surface area contributed by atoms with Gasteiger partial charge >= 0.3 is 7.82 Å². The Hall–Kier alpha value is -0.230. The predicted octanol–water partition coefficient (Wildman–Crippen LogP) is 5.87. The molecule has 166 valence electrons. The van der Waals surface area contributed by atoms with Crippen LogP contribution in [-0.4, -0.2) is 35.4 Å². The highest BCUT2D eigenvalue weighted by molar-refractivity contribution is 7.46. The minimum absolute atomic E-state index is 0.131. The van der Waals surface area contributed by atoms with E-state index in [0.29, 0.717) is 6.61 Å². The van der Waals surface area contributed by atoms with E-state index in [-0.39, 0.29) is 19.0 Å². The molecule has 0 spiro atoms. The zero-order valence-corrected chi connectivity index (χ0v) is 18.5. The summed E-state index contributed by atoms with van der Waals surface area (Å²) in [5.74, 6) is 0. The number of phosphoric ester groups is 1. The van der Waals surface area contributed by atoms with Crippen LogP contribution in [0.3, 0.4) is 0 Å². The van der Waals surface area contributed by atoms with Crippen LogP contribution >= 0.6 is 7.82 Å². The van der Waals surface area contributed by atoms with Gasteiger partial charge in [0.1, 0.15) is 6.10 Å². The third-order valence-corrected chi connectivity index (χ3v) is 5.43. The predicted molar refractivity (Wildman–Crippen MR) is 112 cm³/mol. The van der Waals surface area contributed by atoms with E-state index in [0.717, 1.165) is 12.8 Å². The van der Waals surface area contributed by atoms with Crippen molar-refractivity contribution in [1.82, 2.24) is 0 Å². The Morgan fingerprint density at radius 3 is 2.11 bits per heavy atom. The van der Waals surface area contributed by atoms with Crippen molar-refractivity contribution in [3.8, 4) is 0 Å². The molecule has 1 aliphatic rings. The number of allylic oxidation sites excluding steroid dienone is 2. The molecule has 1 aliphatic heterocycles. The number of hydrogen-bond acceptors (Lipinski definition) is 4. The van der Waals surface area contributed by atoms with E-state index in [1.54, 1.807) is 0 Å². The van der Waals surface area contributed by atoms with Crippen LogP contribution in [0.2, 0.25) is 0 Å². The second kappa shape index (κ2) is 16.6. The quantitative estimate of drug-likeness (QED) is 0.164. The average Bonchev–Trinajstić information content (AvgIpc) is 3.10. The monoisotopic (exact) mass is 420 g/mol. The smallest absolute Gasteiger partial charge is 0.350 e. The molecule has 0 aromatic carbocycles. The summed E-state index contributed by atoms with van der Waals surface area (Å²) >= 11 is 0. The van der Waals surface area contributed by atoms with Crippen LogP contribution in [0, 0.1) is 0 Å². The van der Waals surface area contributed by atoms with Gasteiger partial charge in [0.15, 0.2) is 6.29 Å². The van der Waals surface area contributed by atoms with Crippen molar-refractivity contribution in [3.63, 3.8) is 0 Å². The van der Waals surface area contributed by atoms with Crippen molar-refractivity contribution >= 4 is 7.82 Å². The molecule has 0 aromatic rings. The zero-order chi connectivity index (χ0) is 20.5. The first-order chi connectivity index (χ1) is 13.5. The summed E-state index contributed by atoms with van der Waals surface area (Å²) in [6.07, 6.45) is 21.4. The number of unbranched alkanes of at least 4 members (excludes halogenated alkanes) is 11. The van der Waals surface area contributed by atoms with Crippen molar-refractivity contribution in [2.45, 2.75) is 109 Å². The lowest BCUT2D eigenvalue weighted by atomic mass is 10.1. The van der Waals surface area contributed by atoms with Crippen LogP contribution in [0.5, 0.6) is 0 Å². The second-order valence-corrected chi connectivity index (χ2v) is 8.92. The fraction of sp³-hybridized carbons (Fsp3) is 0.905. The maximum Gasteiger partial charge on any atom is 0.469 e. The van der Waals surface area contributed by atoms with Gasteiger partial charge in [-0.2, -0.15) is 0 Å². The van der Waals surface area contributed by atoms with Crippen LogP contribution in [-0.2, 0) is 18.6 Å². The van der Waals surface area contributed by atoms with Crippen molar-refractivity contribution in [2.24, 2.45) is 0 Å². The molecule has 0 aromatic heterocycles. The molecule has 0 radical (unpaired) electrons. The first-order valence-electron chi connectivity index (χ1n) is 11.1. The minimum Gasteiger partial charge on any atom is -0.350 e. The molecule has 0 unspecified atom stereocenters. The largest absolute Gasteiger partial charge is 0.469 e. The number of ether oxygens (including phenoxy) is 2. The van der Waals surface area contributed by atoms with Crippen molar-refractivity contribution in [3.05, 3.63) is 12.2 Å². The molecule has 1 heterocycles. The molecule has 2 atom stereocenters. The van der Waals surface area contributed by atoms with Crippen molar-refractivity contribution < 1.29 is 28.3 Å². The normalized spacial score (nSPS) is 20.4. The molecule has 1 fully saturated rings. The maximum atomic E-state index is 10.7. The van der Waals surface area contributed by atoms with Gasteiger partial charge in [-0.25, -0.2) is 4.57 Å². The van der Waals surface area contributed by atoms with Gasteiger partial charge in [-0.3, -0.25) is 4.52 Å². The molecule has 1 saturated heterocycles. The molecule has 7 heteroatoms. The van der Waals surface area contributed by atoms with Crippen LogP contribution < -0.4 is 0 Å². The molecular formula is C21H41O6P. The van der Waals surface area contributed by atoms with E-state index in [4.69, 9.17) is 19.3 Å². The van der Waals surface area contributed by atoms with Gasteiger partial charge in [0.25, 0.3) is 0 Å². The lowest BCUT2D eigenvalue weighted by Gasteiger charge is -2.12. The number of rotatable bonds is 18. The molecule has 0 aliphatic carbocycles. The summed E-state index contributed by atoms with van der Waals surface area (Å²) in [7, 11) is -4.43. The Morgan fingerprint density at radius 2 is 1.50 bits per heavy atom. The van der Waals surface area contributed by atoms with Crippen molar-refractivity contribution in [2.75, 3.05) is 13.2 Å². The Labute approximate surface area is 171 Å². The molecule has 0 amide bonds. The SMILES string of the molecule is CCCCCCC/C=C/CCCCCCCC[C@@H]1OC[C@H](COP(=O)(O)O)O1. The highest BCUT2D eigenvalue weighted by Gasteiger charge is 2.28. The highest BCUT2D eigenvalue weighted by Crippen LogP contribution is 2.36. The minimum atomic E-state index is -4.43. The fourth-order valence-corrected chi connectivity index (χ4v) is 3.67. The van der Waals surface area contributed by atoms with Gasteiger partial charge in [0.05, 0.1) is 13.2 Å². The third kappa shape index (κ3) is 15.7. The first-order valence-corrected chi connectivity index (χ1v) is 12.7. The average molecular weight is 421 g/mol. The lowest BCUT2D eigenvalue weighted by Crippen LogP contribution is -2.18. The van der Waals surface area contributed by atoms with Crippen LogP contribution in [0.15, 0.2) is 12.2 Å². The molecule has 2 N–H and O–H groups in total. The second-order valence-electron chi connectivity index (χ2n) is 7.68. The van der Waals surface area contributed by atoms with E-state index in [9.17, 15) is 4.57 Å². The lowest BCUT2D eigenvalue weighted by molar-refractivity contribution is -0.0698. The van der Waals surface area contributed by atoms with Gasteiger partial charge < -0.3 is 19.3 Å². The Kier molecular flexibility index (Phi) is 15.3. The van der Waals surface area contributed by atoms with Crippen molar-refractivity contribution in [1.29, 1.82) is 0 Å². The molecule has 0 saturated carbocycles. The number of phosphoric acid groups is 1. The number of hydrogen-bond donors (Lipinski definition) is 2. The summed E-state index contributed by atoms with van der Waals surface area (Å²) in [5.41, 5.74) is 0. The molecule has 1 rings (SSSR count). The summed E-state index contributed by atoms with van der Waals surface area (Å²) < 4.78 is 26.2. The van der Waals surface area contributed by atoms with Gasteiger partial charge in [-0.05, 0) is 38.5 Å². The Morgan fingerprint density at radius 1 is 0.929 bits per heavy atom. The Bertz CT molecular complexity index is 437. The van der Waals surface area contributed by atoms with Gasteiger partial charge in [-0.15, -0.1) is 0 Å². The van der Waals surface area contributed by atoms with Gasteiger partial charge in [0.2, 0.25) is 0 Å². The van der Waals surface area contributed by atoms with Crippen LogP contribution in [0.4, 0.5) is 0 Å². The van der Waals surface area contributed by atoms with E-state index in [2.05, 4.69) is 23.6 Å². The van der Waals surface area contributed by atoms with Crippen LogP contribution in [0.25, 0.3) is 0 Å². The standard InChI is InChI=1S/C21H41O6P/c1-2-3-4-5-6-7-8-9-10-11-12-13-14-15-16-17-21-25-18-20(27-21)19-26-28(22,23)24/h8-9,20-21H,2-7,10-19H2,1H3,(H2,22,23,24)/b9-8+/t20-,21-/m1/s1. The maximum absolute atomic E-state index is 10.7. The van der Waals surface area contributed by atoms with Gasteiger partial charge in [-0.1, -0.05) is 70.4 Å². The fourth-order valence-electron chi connectivity index (χ4n) is 3.31. The van der Waals surface area contributed by atoms with E-state index in [1.807, 2.05) is 0 Å². The van der Waals surface area contributed by atoms with E-state index < -0.39 is 7.82 Å².